The van der Waals surface area contributed by atoms with Crippen LogP contribution in [0, 0.1) is 6.92 Å². The zero-order chi connectivity index (χ0) is 18.5. The SMILES string of the molecule is Cc1ccccc1Oc1ncccc1CNC(=O)C(C)N1CCCC1=O. The second kappa shape index (κ2) is 7.99. The molecule has 1 aliphatic rings. The van der Waals surface area contributed by atoms with E-state index in [1.807, 2.05) is 37.3 Å². The predicted octanol–water partition coefficient (Wildman–Crippen LogP) is 2.81. The summed E-state index contributed by atoms with van der Waals surface area (Å²) in [4.78, 5) is 30.1. The number of nitrogens with zero attached hydrogens (tertiary/aromatic N) is 2. The molecule has 136 valence electrons. The lowest BCUT2D eigenvalue weighted by atomic mass is 10.2. The number of hydrogen-bond donors (Lipinski definition) is 1. The molecule has 1 aromatic carbocycles. The number of para-hydroxylation sites is 1. The first-order valence-electron chi connectivity index (χ1n) is 8.81. The lowest BCUT2D eigenvalue weighted by molar-refractivity contribution is -0.136. The van der Waals surface area contributed by atoms with Crippen LogP contribution in [-0.2, 0) is 16.1 Å². The van der Waals surface area contributed by atoms with E-state index >= 15 is 0 Å². The summed E-state index contributed by atoms with van der Waals surface area (Å²) in [5.74, 6) is 1.06. The third-order valence-corrected chi connectivity index (χ3v) is 4.56. The average Bonchev–Trinajstić information content (AvgIpc) is 3.08. The van der Waals surface area contributed by atoms with Gasteiger partial charge in [-0.05, 0) is 38.0 Å². The van der Waals surface area contributed by atoms with Crippen molar-refractivity contribution in [2.45, 2.75) is 39.3 Å². The summed E-state index contributed by atoms with van der Waals surface area (Å²) in [6, 6.07) is 10.9. The molecule has 0 spiro atoms. The molecule has 2 amide bonds. The fraction of sp³-hybridized carbons (Fsp3) is 0.350. The highest BCUT2D eigenvalue weighted by Gasteiger charge is 2.29. The smallest absolute Gasteiger partial charge is 0.242 e. The van der Waals surface area contributed by atoms with E-state index in [0.717, 1.165) is 23.3 Å². The summed E-state index contributed by atoms with van der Waals surface area (Å²) in [7, 11) is 0. The fourth-order valence-electron chi connectivity index (χ4n) is 2.98. The van der Waals surface area contributed by atoms with Crippen LogP contribution in [0.15, 0.2) is 42.6 Å². The van der Waals surface area contributed by atoms with Gasteiger partial charge in [0, 0.05) is 31.3 Å². The van der Waals surface area contributed by atoms with Crippen molar-refractivity contribution in [3.8, 4) is 11.6 Å². The molecule has 1 fully saturated rings. The first-order valence-corrected chi connectivity index (χ1v) is 8.81. The number of nitrogens with one attached hydrogen (secondary N) is 1. The number of hydrogen-bond acceptors (Lipinski definition) is 4. The molecule has 6 heteroatoms. The quantitative estimate of drug-likeness (QED) is 0.867. The Labute approximate surface area is 153 Å². The van der Waals surface area contributed by atoms with Gasteiger partial charge in [-0.2, -0.15) is 0 Å². The number of pyridine rings is 1. The maximum atomic E-state index is 12.4. The second-order valence-corrected chi connectivity index (χ2v) is 6.42. The summed E-state index contributed by atoms with van der Waals surface area (Å²) in [5.41, 5.74) is 1.79. The number of benzene rings is 1. The first-order chi connectivity index (χ1) is 12.6. The van der Waals surface area contributed by atoms with Crippen molar-refractivity contribution in [3.05, 3.63) is 53.7 Å². The molecular formula is C20H23N3O3. The summed E-state index contributed by atoms with van der Waals surface area (Å²) >= 11 is 0. The van der Waals surface area contributed by atoms with Crippen molar-refractivity contribution in [3.63, 3.8) is 0 Å². The Morgan fingerprint density at radius 2 is 2.12 bits per heavy atom. The molecule has 6 nitrogen and oxygen atoms in total. The van der Waals surface area contributed by atoms with Crippen LogP contribution < -0.4 is 10.1 Å². The highest BCUT2D eigenvalue weighted by molar-refractivity contribution is 5.88. The lowest BCUT2D eigenvalue weighted by Gasteiger charge is -2.23. The van der Waals surface area contributed by atoms with Crippen LogP contribution in [0.5, 0.6) is 11.6 Å². The Morgan fingerprint density at radius 1 is 1.31 bits per heavy atom. The molecule has 1 saturated heterocycles. The van der Waals surface area contributed by atoms with Crippen LogP contribution in [0.4, 0.5) is 0 Å². The maximum absolute atomic E-state index is 12.4. The molecule has 3 rings (SSSR count). The van der Waals surface area contributed by atoms with Crippen LogP contribution >= 0.6 is 0 Å². The van der Waals surface area contributed by atoms with Gasteiger partial charge in [0.25, 0.3) is 0 Å². The van der Waals surface area contributed by atoms with E-state index in [0.29, 0.717) is 25.4 Å². The standard InChI is InChI=1S/C20H23N3O3/c1-14-7-3-4-9-17(14)26-20-16(8-5-11-21-20)13-22-19(25)15(2)23-12-6-10-18(23)24/h3-5,7-9,11,15H,6,10,12-13H2,1-2H3,(H,22,25). The minimum atomic E-state index is -0.470. The zero-order valence-corrected chi connectivity index (χ0v) is 15.1. The maximum Gasteiger partial charge on any atom is 0.242 e. The molecule has 1 aliphatic heterocycles. The van der Waals surface area contributed by atoms with Crippen molar-refractivity contribution in [1.82, 2.24) is 15.2 Å². The third kappa shape index (κ3) is 4.02. The van der Waals surface area contributed by atoms with Gasteiger partial charge in [-0.15, -0.1) is 0 Å². The molecule has 2 aromatic rings. The first kappa shape index (κ1) is 17.9. The molecule has 26 heavy (non-hydrogen) atoms. The third-order valence-electron chi connectivity index (χ3n) is 4.56. The van der Waals surface area contributed by atoms with Gasteiger partial charge in [0.1, 0.15) is 11.8 Å². The Hall–Kier alpha value is -2.89. The van der Waals surface area contributed by atoms with Gasteiger partial charge in [0.05, 0.1) is 0 Å². The molecule has 0 aliphatic carbocycles. The zero-order valence-electron chi connectivity index (χ0n) is 15.1. The van der Waals surface area contributed by atoms with Gasteiger partial charge in [-0.1, -0.05) is 24.3 Å². The van der Waals surface area contributed by atoms with Gasteiger partial charge >= 0.3 is 0 Å². The Kier molecular flexibility index (Phi) is 5.51. The van der Waals surface area contributed by atoms with E-state index in [2.05, 4.69) is 10.3 Å². The number of amides is 2. The Balaban J connectivity index is 1.66. The molecule has 0 radical (unpaired) electrons. The Morgan fingerprint density at radius 3 is 2.85 bits per heavy atom. The van der Waals surface area contributed by atoms with E-state index in [-0.39, 0.29) is 11.8 Å². The van der Waals surface area contributed by atoms with Crippen molar-refractivity contribution in [1.29, 1.82) is 0 Å². The summed E-state index contributed by atoms with van der Waals surface area (Å²) < 4.78 is 5.92. The van der Waals surface area contributed by atoms with Crippen LogP contribution in [-0.4, -0.2) is 34.3 Å². The molecular weight excluding hydrogens is 330 g/mol. The number of carbonyl (C=O) groups excluding carboxylic acids is 2. The van der Waals surface area contributed by atoms with Gasteiger partial charge < -0.3 is 15.0 Å². The highest BCUT2D eigenvalue weighted by Crippen LogP contribution is 2.25. The molecule has 1 N–H and O–H groups in total. The predicted molar refractivity (Wildman–Crippen MR) is 97.7 cm³/mol. The van der Waals surface area contributed by atoms with Gasteiger partial charge in [0.15, 0.2) is 0 Å². The van der Waals surface area contributed by atoms with Crippen molar-refractivity contribution >= 4 is 11.8 Å². The molecule has 1 aromatic heterocycles. The fourth-order valence-corrected chi connectivity index (χ4v) is 2.98. The molecule has 1 atom stereocenters. The number of rotatable bonds is 6. The number of aromatic nitrogens is 1. The van der Waals surface area contributed by atoms with Crippen LogP contribution in [0.25, 0.3) is 0 Å². The largest absolute Gasteiger partial charge is 0.438 e. The number of aryl methyl sites for hydroxylation is 1. The summed E-state index contributed by atoms with van der Waals surface area (Å²) in [6.45, 7) is 4.66. The number of carbonyl (C=O) groups is 2. The van der Waals surface area contributed by atoms with Crippen LogP contribution in [0.1, 0.15) is 30.9 Å². The average molecular weight is 353 g/mol. The molecule has 0 bridgehead atoms. The van der Waals surface area contributed by atoms with Crippen molar-refractivity contribution in [2.24, 2.45) is 0 Å². The number of ether oxygens (including phenoxy) is 1. The topological polar surface area (TPSA) is 71.5 Å². The van der Waals surface area contributed by atoms with E-state index in [4.69, 9.17) is 4.74 Å². The molecule has 2 heterocycles. The van der Waals surface area contributed by atoms with E-state index in [1.54, 1.807) is 24.1 Å². The van der Waals surface area contributed by atoms with Crippen molar-refractivity contribution in [2.75, 3.05) is 6.54 Å². The minimum absolute atomic E-state index is 0.0394. The van der Waals surface area contributed by atoms with E-state index in [1.165, 1.54) is 0 Å². The van der Waals surface area contributed by atoms with Gasteiger partial charge in [-0.25, -0.2) is 4.98 Å². The van der Waals surface area contributed by atoms with Gasteiger partial charge in [-0.3, -0.25) is 9.59 Å². The van der Waals surface area contributed by atoms with Crippen LogP contribution in [0.2, 0.25) is 0 Å². The summed E-state index contributed by atoms with van der Waals surface area (Å²) in [6.07, 6.45) is 2.99. The van der Waals surface area contributed by atoms with Crippen LogP contribution in [0.3, 0.4) is 0 Å². The lowest BCUT2D eigenvalue weighted by Crippen LogP contribution is -2.45. The number of likely N-dealkylation sites (tertiary alicyclic amines) is 1. The van der Waals surface area contributed by atoms with Crippen molar-refractivity contribution < 1.29 is 14.3 Å². The van der Waals surface area contributed by atoms with E-state index in [9.17, 15) is 9.59 Å². The minimum Gasteiger partial charge on any atom is -0.438 e. The highest BCUT2D eigenvalue weighted by atomic mass is 16.5. The normalized spacial score (nSPS) is 15.0. The summed E-state index contributed by atoms with van der Waals surface area (Å²) in [5, 5.41) is 2.88. The monoisotopic (exact) mass is 353 g/mol. The molecule has 0 saturated carbocycles. The second-order valence-electron chi connectivity index (χ2n) is 6.42. The van der Waals surface area contributed by atoms with E-state index < -0.39 is 6.04 Å². The van der Waals surface area contributed by atoms with Gasteiger partial charge in [0.2, 0.25) is 17.7 Å². The Bertz CT molecular complexity index is 806. The molecule has 1 unspecified atom stereocenters.